The van der Waals surface area contributed by atoms with Crippen LogP contribution in [0.2, 0.25) is 0 Å². The number of rotatable bonds is 3. The summed E-state index contributed by atoms with van der Waals surface area (Å²) >= 11 is 0. The zero-order valence-electron chi connectivity index (χ0n) is 11.1. The molecular formula is C14H20N2O3. The van der Waals surface area contributed by atoms with Crippen molar-refractivity contribution in [3.8, 4) is 5.75 Å². The van der Waals surface area contributed by atoms with E-state index in [1.807, 2.05) is 0 Å². The Morgan fingerprint density at radius 3 is 3.05 bits per heavy atom. The van der Waals surface area contributed by atoms with Gasteiger partial charge in [0, 0.05) is 25.3 Å². The molecule has 0 spiro atoms. The number of hydrogen-bond acceptors (Lipinski definition) is 4. The number of aliphatic hydroxyl groups excluding tert-OH is 1. The van der Waals surface area contributed by atoms with Crippen molar-refractivity contribution in [1.29, 1.82) is 0 Å². The van der Waals surface area contributed by atoms with E-state index >= 15 is 0 Å². The molecule has 5 heteroatoms. The number of nitrogens with two attached hydrogens (primary N) is 1. The molecule has 0 bridgehead atoms. The van der Waals surface area contributed by atoms with Gasteiger partial charge in [0.2, 0.25) is 0 Å². The van der Waals surface area contributed by atoms with Crippen LogP contribution in [-0.2, 0) is 0 Å². The smallest absolute Gasteiger partial charge is 0.254 e. The van der Waals surface area contributed by atoms with Crippen molar-refractivity contribution >= 4 is 11.6 Å². The molecule has 1 aromatic carbocycles. The topological polar surface area (TPSA) is 75.8 Å². The lowest BCUT2D eigenvalue weighted by Gasteiger charge is -2.32. The van der Waals surface area contributed by atoms with Gasteiger partial charge in [-0.3, -0.25) is 4.79 Å². The van der Waals surface area contributed by atoms with Gasteiger partial charge in [-0.15, -0.1) is 0 Å². The summed E-state index contributed by atoms with van der Waals surface area (Å²) in [6, 6.07) is 5.06. The molecule has 1 saturated heterocycles. The third-order valence-electron chi connectivity index (χ3n) is 3.54. The first-order valence-corrected chi connectivity index (χ1v) is 6.49. The Labute approximate surface area is 113 Å². The van der Waals surface area contributed by atoms with E-state index < -0.39 is 0 Å². The van der Waals surface area contributed by atoms with Crippen molar-refractivity contribution in [2.75, 3.05) is 32.5 Å². The molecule has 0 saturated carbocycles. The number of nitrogen functional groups attached to an aromatic ring is 1. The SMILES string of the molecule is COc1cc(C(=O)N2CCCC(CO)C2)ccc1N. The molecule has 1 heterocycles. The van der Waals surface area contributed by atoms with E-state index in [-0.39, 0.29) is 18.4 Å². The van der Waals surface area contributed by atoms with Crippen LogP contribution >= 0.6 is 0 Å². The number of hydrogen-bond donors (Lipinski definition) is 2. The molecule has 5 nitrogen and oxygen atoms in total. The molecule has 0 radical (unpaired) electrons. The summed E-state index contributed by atoms with van der Waals surface area (Å²) in [6.07, 6.45) is 1.91. The van der Waals surface area contributed by atoms with Crippen LogP contribution in [0.3, 0.4) is 0 Å². The van der Waals surface area contributed by atoms with Crippen molar-refractivity contribution in [1.82, 2.24) is 4.90 Å². The molecule has 1 aliphatic rings. The molecule has 1 aromatic rings. The first kappa shape index (κ1) is 13.7. The molecule has 1 unspecified atom stereocenters. The van der Waals surface area contributed by atoms with Crippen LogP contribution in [0.15, 0.2) is 18.2 Å². The number of nitrogens with zero attached hydrogens (tertiary/aromatic N) is 1. The maximum atomic E-state index is 12.4. The third kappa shape index (κ3) is 2.98. The molecule has 19 heavy (non-hydrogen) atoms. The van der Waals surface area contributed by atoms with Gasteiger partial charge in [-0.05, 0) is 37.0 Å². The lowest BCUT2D eigenvalue weighted by molar-refractivity contribution is 0.0620. The number of carbonyl (C=O) groups is 1. The predicted octanol–water partition coefficient (Wildman–Crippen LogP) is 1.12. The molecule has 0 aromatic heterocycles. The van der Waals surface area contributed by atoms with Crippen LogP contribution in [0.25, 0.3) is 0 Å². The summed E-state index contributed by atoms with van der Waals surface area (Å²) in [7, 11) is 1.53. The molecule has 3 N–H and O–H groups in total. The van der Waals surface area contributed by atoms with Crippen molar-refractivity contribution < 1.29 is 14.6 Å². The molecule has 1 amide bonds. The van der Waals surface area contributed by atoms with Crippen molar-refractivity contribution in [2.45, 2.75) is 12.8 Å². The minimum Gasteiger partial charge on any atom is -0.495 e. The number of aliphatic hydroxyl groups is 1. The van der Waals surface area contributed by atoms with Gasteiger partial charge < -0.3 is 20.5 Å². The summed E-state index contributed by atoms with van der Waals surface area (Å²) < 4.78 is 5.13. The number of methoxy groups -OCH3 is 1. The molecule has 1 aliphatic heterocycles. The number of likely N-dealkylation sites (tertiary alicyclic amines) is 1. The molecular weight excluding hydrogens is 244 g/mol. The highest BCUT2D eigenvalue weighted by Gasteiger charge is 2.24. The van der Waals surface area contributed by atoms with Crippen LogP contribution in [-0.4, -0.2) is 42.7 Å². The zero-order valence-corrected chi connectivity index (χ0v) is 11.1. The second kappa shape index (κ2) is 5.93. The fourth-order valence-corrected chi connectivity index (χ4v) is 2.43. The average molecular weight is 264 g/mol. The molecule has 104 valence electrons. The minimum atomic E-state index is -0.0311. The summed E-state index contributed by atoms with van der Waals surface area (Å²) in [5, 5.41) is 9.21. The van der Waals surface area contributed by atoms with Gasteiger partial charge in [0.1, 0.15) is 5.75 Å². The Bertz CT molecular complexity index is 462. The summed E-state index contributed by atoms with van der Waals surface area (Å²) in [5.74, 6) is 0.673. The minimum absolute atomic E-state index is 0.0311. The number of benzene rings is 1. The second-order valence-corrected chi connectivity index (χ2v) is 4.90. The van der Waals surface area contributed by atoms with Gasteiger partial charge in [-0.2, -0.15) is 0 Å². The van der Waals surface area contributed by atoms with Crippen molar-refractivity contribution in [3.05, 3.63) is 23.8 Å². The lowest BCUT2D eigenvalue weighted by Crippen LogP contribution is -2.40. The Kier molecular flexibility index (Phi) is 4.27. The number of ether oxygens (including phenoxy) is 1. The third-order valence-corrected chi connectivity index (χ3v) is 3.54. The van der Waals surface area contributed by atoms with Gasteiger partial charge in [0.05, 0.1) is 12.8 Å². The number of carbonyl (C=O) groups excluding carboxylic acids is 1. The number of anilines is 1. The molecule has 1 fully saturated rings. The van der Waals surface area contributed by atoms with E-state index in [2.05, 4.69) is 0 Å². The van der Waals surface area contributed by atoms with Crippen molar-refractivity contribution in [2.24, 2.45) is 5.92 Å². The van der Waals surface area contributed by atoms with E-state index in [0.717, 1.165) is 19.4 Å². The van der Waals surface area contributed by atoms with E-state index in [9.17, 15) is 9.90 Å². The Hall–Kier alpha value is -1.75. The van der Waals surface area contributed by atoms with Crippen LogP contribution in [0.4, 0.5) is 5.69 Å². The van der Waals surface area contributed by atoms with Gasteiger partial charge in [0.25, 0.3) is 5.91 Å². The Morgan fingerprint density at radius 1 is 1.58 bits per heavy atom. The Balaban J connectivity index is 2.14. The fourth-order valence-electron chi connectivity index (χ4n) is 2.43. The first-order valence-electron chi connectivity index (χ1n) is 6.49. The quantitative estimate of drug-likeness (QED) is 0.802. The lowest BCUT2D eigenvalue weighted by atomic mass is 9.98. The van der Waals surface area contributed by atoms with Gasteiger partial charge in [0.15, 0.2) is 0 Å². The summed E-state index contributed by atoms with van der Waals surface area (Å²) in [5.41, 5.74) is 6.83. The maximum absolute atomic E-state index is 12.4. The van der Waals surface area contributed by atoms with E-state index in [0.29, 0.717) is 23.5 Å². The largest absolute Gasteiger partial charge is 0.495 e. The van der Waals surface area contributed by atoms with E-state index in [1.165, 1.54) is 7.11 Å². The second-order valence-electron chi connectivity index (χ2n) is 4.90. The number of piperidine rings is 1. The summed E-state index contributed by atoms with van der Waals surface area (Å²) in [6.45, 7) is 1.49. The van der Waals surface area contributed by atoms with Crippen LogP contribution in [0, 0.1) is 5.92 Å². The molecule has 2 rings (SSSR count). The molecule has 1 atom stereocenters. The first-order chi connectivity index (χ1) is 9.15. The highest BCUT2D eigenvalue weighted by Crippen LogP contribution is 2.24. The van der Waals surface area contributed by atoms with Gasteiger partial charge in [-0.25, -0.2) is 0 Å². The van der Waals surface area contributed by atoms with Gasteiger partial charge >= 0.3 is 0 Å². The Morgan fingerprint density at radius 2 is 2.37 bits per heavy atom. The van der Waals surface area contributed by atoms with Crippen LogP contribution in [0.5, 0.6) is 5.75 Å². The maximum Gasteiger partial charge on any atom is 0.254 e. The highest BCUT2D eigenvalue weighted by atomic mass is 16.5. The van der Waals surface area contributed by atoms with Crippen molar-refractivity contribution in [3.63, 3.8) is 0 Å². The number of amides is 1. The normalized spacial score (nSPS) is 19.3. The molecule has 0 aliphatic carbocycles. The monoisotopic (exact) mass is 264 g/mol. The average Bonchev–Trinajstić information content (AvgIpc) is 2.47. The van der Waals surface area contributed by atoms with Crippen LogP contribution in [0.1, 0.15) is 23.2 Å². The van der Waals surface area contributed by atoms with E-state index in [1.54, 1.807) is 23.1 Å². The zero-order chi connectivity index (χ0) is 13.8. The van der Waals surface area contributed by atoms with E-state index in [4.69, 9.17) is 10.5 Å². The van der Waals surface area contributed by atoms with Crippen LogP contribution < -0.4 is 10.5 Å². The summed E-state index contributed by atoms with van der Waals surface area (Å²) in [4.78, 5) is 14.2. The highest BCUT2D eigenvalue weighted by molar-refractivity contribution is 5.95. The van der Waals surface area contributed by atoms with Gasteiger partial charge in [-0.1, -0.05) is 0 Å². The fraction of sp³-hybridized carbons (Fsp3) is 0.500. The standard InChI is InChI=1S/C14H20N2O3/c1-19-13-7-11(4-5-12(13)15)14(18)16-6-2-3-10(8-16)9-17/h4-5,7,10,17H,2-3,6,8-9,15H2,1H3. The predicted molar refractivity (Wildman–Crippen MR) is 73.1 cm³/mol.